The largest absolute Gasteiger partial charge is 0.378 e. The van der Waals surface area contributed by atoms with Gasteiger partial charge in [0.05, 0.1) is 30.0 Å². The van der Waals surface area contributed by atoms with Crippen molar-refractivity contribution in [3.63, 3.8) is 0 Å². The number of amides is 3. The molecule has 12 nitrogen and oxygen atoms in total. The maximum atomic E-state index is 13.4. The highest BCUT2D eigenvalue weighted by Gasteiger charge is 2.30. The van der Waals surface area contributed by atoms with Crippen molar-refractivity contribution in [3.8, 4) is 6.07 Å². The molecular weight excluding hydrogens is 522 g/mol. The number of aryl methyl sites for hydroxylation is 1. The number of aromatic nitrogens is 2. The van der Waals surface area contributed by atoms with Gasteiger partial charge in [0.2, 0.25) is 5.91 Å². The highest BCUT2D eigenvalue weighted by molar-refractivity contribution is 7.99. The van der Waals surface area contributed by atoms with Crippen LogP contribution in [0.5, 0.6) is 0 Å². The van der Waals surface area contributed by atoms with Crippen LogP contribution < -0.4 is 15.5 Å². The summed E-state index contributed by atoms with van der Waals surface area (Å²) in [6.07, 6.45) is 3.50. The van der Waals surface area contributed by atoms with E-state index in [-0.39, 0.29) is 42.7 Å². The second-order valence-corrected chi connectivity index (χ2v) is 10.6. The van der Waals surface area contributed by atoms with Crippen LogP contribution in [0.15, 0.2) is 18.3 Å². The summed E-state index contributed by atoms with van der Waals surface area (Å²) in [5.74, 6) is 2.26. The van der Waals surface area contributed by atoms with E-state index in [0.717, 1.165) is 17.1 Å². The van der Waals surface area contributed by atoms with Gasteiger partial charge in [-0.3, -0.25) is 19.8 Å². The number of nitriles is 1. The van der Waals surface area contributed by atoms with Crippen molar-refractivity contribution in [1.29, 1.82) is 5.26 Å². The average molecular weight is 552 g/mol. The molecule has 0 aliphatic carbocycles. The molecule has 3 aliphatic rings. The Morgan fingerprint density at radius 3 is 3.00 bits per heavy atom. The van der Waals surface area contributed by atoms with Gasteiger partial charge >= 0.3 is 6.03 Å². The Labute approximate surface area is 230 Å². The number of aldehydes is 1. The summed E-state index contributed by atoms with van der Waals surface area (Å²) in [5, 5.41) is 15.7. The number of hydrogen-bond acceptors (Lipinski definition) is 10. The normalized spacial score (nSPS) is 20.8. The lowest BCUT2D eigenvalue weighted by Crippen LogP contribution is -2.42. The maximum Gasteiger partial charge on any atom is 0.328 e. The Hall–Kier alpha value is -3.73. The number of methoxy groups -OCH3 is 1. The van der Waals surface area contributed by atoms with Gasteiger partial charge in [-0.1, -0.05) is 0 Å². The molecule has 5 heterocycles. The molecule has 5 rings (SSSR count). The van der Waals surface area contributed by atoms with E-state index in [9.17, 15) is 19.6 Å². The van der Waals surface area contributed by atoms with E-state index in [0.29, 0.717) is 61.5 Å². The molecule has 0 spiro atoms. The molecule has 13 heteroatoms. The topological polar surface area (TPSA) is 150 Å². The molecule has 2 N–H and O–H groups in total. The number of nitrogens with zero attached hydrogens (tertiary/aromatic N) is 5. The Morgan fingerprint density at radius 2 is 2.23 bits per heavy atom. The van der Waals surface area contributed by atoms with Crippen molar-refractivity contribution in [2.45, 2.75) is 31.5 Å². The predicted molar refractivity (Wildman–Crippen MR) is 145 cm³/mol. The molecule has 2 fully saturated rings. The van der Waals surface area contributed by atoms with Crippen LogP contribution in [0.2, 0.25) is 0 Å². The number of thioether (sulfide) groups is 1. The summed E-state index contributed by atoms with van der Waals surface area (Å²) in [4.78, 5) is 49.4. The molecule has 2 aromatic rings. The minimum Gasteiger partial charge on any atom is -0.378 e. The SMILES string of the molecule is COC1CSCC1Nc1cc(NC(=O)N2CCCc3cc(CN4CCOCC4=O)c(C=O)nc32)ncc1C#N. The van der Waals surface area contributed by atoms with Gasteiger partial charge in [-0.15, -0.1) is 0 Å². The smallest absolute Gasteiger partial charge is 0.328 e. The number of nitrogens with one attached hydrogen (secondary N) is 2. The van der Waals surface area contributed by atoms with Crippen molar-refractivity contribution in [2.75, 3.05) is 60.5 Å². The molecule has 3 amide bonds. The molecule has 2 aromatic heterocycles. The van der Waals surface area contributed by atoms with Gasteiger partial charge in [-0.05, 0) is 24.5 Å². The third-order valence-corrected chi connectivity index (χ3v) is 8.17. The molecule has 2 atom stereocenters. The number of rotatable bonds is 7. The van der Waals surface area contributed by atoms with Crippen LogP contribution in [-0.2, 0) is 27.2 Å². The van der Waals surface area contributed by atoms with Crippen LogP contribution in [0.3, 0.4) is 0 Å². The first-order valence-corrected chi connectivity index (χ1v) is 13.9. The van der Waals surface area contributed by atoms with Gasteiger partial charge in [-0.2, -0.15) is 17.0 Å². The first-order chi connectivity index (χ1) is 19.0. The zero-order chi connectivity index (χ0) is 27.4. The van der Waals surface area contributed by atoms with Crippen LogP contribution in [0.4, 0.5) is 22.1 Å². The first kappa shape index (κ1) is 26.9. The van der Waals surface area contributed by atoms with Crippen molar-refractivity contribution < 1.29 is 23.9 Å². The maximum absolute atomic E-state index is 13.4. The molecule has 2 unspecified atom stereocenters. The number of carbonyl (C=O) groups excluding carboxylic acids is 3. The minimum atomic E-state index is -0.439. The van der Waals surface area contributed by atoms with E-state index >= 15 is 0 Å². The fourth-order valence-electron chi connectivity index (χ4n) is 4.92. The standard InChI is InChI=1S/C26H29N7O5S/c1-37-22-15-39-14-21(22)29-19-8-23(28-10-18(19)9-27)31-26(36)33-4-2-3-16-7-17(20(12-34)30-25(16)33)11-32-5-6-38-13-24(32)35/h7-8,10,12,21-22H,2-6,11,13-15H2,1H3,(H2,28,29,31,36). The number of urea groups is 1. The third kappa shape index (κ3) is 5.83. The van der Waals surface area contributed by atoms with Crippen molar-refractivity contribution in [2.24, 2.45) is 0 Å². The fourth-order valence-corrected chi connectivity index (χ4v) is 6.21. The van der Waals surface area contributed by atoms with E-state index in [1.54, 1.807) is 29.8 Å². The monoisotopic (exact) mass is 551 g/mol. The zero-order valence-electron chi connectivity index (χ0n) is 21.5. The van der Waals surface area contributed by atoms with Gasteiger partial charge in [0, 0.05) is 56.1 Å². The van der Waals surface area contributed by atoms with Crippen LogP contribution in [0.1, 0.15) is 33.6 Å². The average Bonchev–Trinajstić information content (AvgIpc) is 3.40. The number of carbonyl (C=O) groups is 3. The number of anilines is 3. The Bertz CT molecular complexity index is 1320. The molecular formula is C26H29N7O5S. The molecule has 204 valence electrons. The van der Waals surface area contributed by atoms with Gasteiger partial charge in [-0.25, -0.2) is 14.8 Å². The second kappa shape index (κ2) is 12.0. The van der Waals surface area contributed by atoms with E-state index < -0.39 is 6.03 Å². The summed E-state index contributed by atoms with van der Waals surface area (Å²) in [6, 6.07) is 5.23. The van der Waals surface area contributed by atoms with E-state index in [4.69, 9.17) is 9.47 Å². The predicted octanol–water partition coefficient (Wildman–Crippen LogP) is 2.05. The Balaban J connectivity index is 1.35. The first-order valence-electron chi connectivity index (χ1n) is 12.7. The summed E-state index contributed by atoms with van der Waals surface area (Å²) in [5.41, 5.74) is 2.60. The highest BCUT2D eigenvalue weighted by Crippen LogP contribution is 2.30. The van der Waals surface area contributed by atoms with E-state index in [1.165, 1.54) is 11.1 Å². The number of fused-ring (bicyclic) bond motifs is 1. The van der Waals surface area contributed by atoms with Crippen LogP contribution in [-0.4, -0.2) is 90.2 Å². The number of hydrogen-bond donors (Lipinski definition) is 2. The molecule has 0 bridgehead atoms. The van der Waals surface area contributed by atoms with Crippen molar-refractivity contribution in [3.05, 3.63) is 40.7 Å². The molecule has 3 aliphatic heterocycles. The quantitative estimate of drug-likeness (QED) is 0.490. The summed E-state index contributed by atoms with van der Waals surface area (Å²) >= 11 is 1.77. The minimum absolute atomic E-state index is 0.0157. The van der Waals surface area contributed by atoms with Gasteiger partial charge in [0.25, 0.3) is 0 Å². The van der Waals surface area contributed by atoms with Gasteiger partial charge < -0.3 is 19.7 Å². The van der Waals surface area contributed by atoms with Gasteiger partial charge in [0.15, 0.2) is 6.29 Å². The van der Waals surface area contributed by atoms with Crippen molar-refractivity contribution in [1.82, 2.24) is 14.9 Å². The van der Waals surface area contributed by atoms with E-state index in [1.807, 2.05) is 6.07 Å². The van der Waals surface area contributed by atoms with E-state index in [2.05, 4.69) is 26.7 Å². The third-order valence-electron chi connectivity index (χ3n) is 7.01. The summed E-state index contributed by atoms with van der Waals surface area (Å²) in [6.45, 7) is 1.60. The molecule has 39 heavy (non-hydrogen) atoms. The van der Waals surface area contributed by atoms with Crippen molar-refractivity contribution >= 4 is 47.3 Å². The number of ether oxygens (including phenoxy) is 2. The Kier molecular flexibility index (Phi) is 8.25. The van der Waals surface area contributed by atoms with Crippen LogP contribution in [0, 0.1) is 11.3 Å². The molecule has 2 saturated heterocycles. The fraction of sp³-hybridized carbons (Fsp3) is 0.462. The van der Waals surface area contributed by atoms with Gasteiger partial charge in [0.1, 0.15) is 30.0 Å². The number of morpholine rings is 1. The molecule has 0 aromatic carbocycles. The lowest BCUT2D eigenvalue weighted by molar-refractivity contribution is -0.143. The lowest BCUT2D eigenvalue weighted by Gasteiger charge is -2.31. The summed E-state index contributed by atoms with van der Waals surface area (Å²) in [7, 11) is 1.67. The molecule has 0 saturated carbocycles. The zero-order valence-corrected chi connectivity index (χ0v) is 22.3. The van der Waals surface area contributed by atoms with Crippen LogP contribution in [0.25, 0.3) is 0 Å². The Morgan fingerprint density at radius 1 is 1.36 bits per heavy atom. The lowest BCUT2D eigenvalue weighted by atomic mass is 10.0. The number of pyridine rings is 2. The molecule has 0 radical (unpaired) electrons. The second-order valence-electron chi connectivity index (χ2n) is 9.48. The highest BCUT2D eigenvalue weighted by atomic mass is 32.2. The van der Waals surface area contributed by atoms with Crippen LogP contribution >= 0.6 is 11.8 Å². The summed E-state index contributed by atoms with van der Waals surface area (Å²) < 4.78 is 10.7.